The number of halogens is 1. The van der Waals surface area contributed by atoms with Gasteiger partial charge in [0.05, 0.1) is 12.0 Å². The topological polar surface area (TPSA) is 40.6 Å². The van der Waals surface area contributed by atoms with Crippen molar-refractivity contribution in [2.75, 3.05) is 19.6 Å². The summed E-state index contributed by atoms with van der Waals surface area (Å²) in [6.07, 6.45) is 2.54. The Morgan fingerprint density at radius 2 is 1.75 bits per heavy atom. The Morgan fingerprint density at radius 1 is 0.969 bits per heavy atom. The zero-order chi connectivity index (χ0) is 22.1. The number of likely N-dealkylation sites (tertiary alicyclic amines) is 1. The van der Waals surface area contributed by atoms with Crippen molar-refractivity contribution in [3.05, 3.63) is 92.6 Å². The van der Waals surface area contributed by atoms with Gasteiger partial charge < -0.3 is 9.80 Å². The zero-order valence-electron chi connectivity index (χ0n) is 17.7. The molecular formula is C26H25ClN2O2S. The van der Waals surface area contributed by atoms with Crippen molar-refractivity contribution in [1.29, 1.82) is 0 Å². The van der Waals surface area contributed by atoms with Crippen LogP contribution in [0.4, 0.5) is 0 Å². The third-order valence-electron chi connectivity index (χ3n) is 6.51. The van der Waals surface area contributed by atoms with E-state index < -0.39 is 0 Å². The van der Waals surface area contributed by atoms with Gasteiger partial charge in [0, 0.05) is 35.1 Å². The fraction of sp³-hybridized carbons (Fsp3) is 0.308. The molecule has 2 aromatic carbocycles. The Hall–Kier alpha value is -2.63. The fourth-order valence-electron chi connectivity index (χ4n) is 4.92. The lowest BCUT2D eigenvalue weighted by Crippen LogP contribution is -2.49. The quantitative estimate of drug-likeness (QED) is 0.518. The van der Waals surface area contributed by atoms with Gasteiger partial charge in [0.25, 0.3) is 5.91 Å². The molecule has 0 N–H and O–H groups in total. The van der Waals surface area contributed by atoms with E-state index in [4.69, 9.17) is 11.6 Å². The van der Waals surface area contributed by atoms with Crippen LogP contribution in [0.2, 0.25) is 5.02 Å². The first-order chi connectivity index (χ1) is 15.6. The molecule has 32 heavy (non-hydrogen) atoms. The van der Waals surface area contributed by atoms with Crippen LogP contribution in [0.3, 0.4) is 0 Å². The van der Waals surface area contributed by atoms with E-state index in [1.807, 2.05) is 28.0 Å². The lowest BCUT2D eigenvalue weighted by atomic mass is 9.89. The number of carbonyl (C=O) groups is 2. The summed E-state index contributed by atoms with van der Waals surface area (Å²) in [5, 5.41) is 2.74. The number of amides is 2. The van der Waals surface area contributed by atoms with Crippen LogP contribution in [0.5, 0.6) is 0 Å². The van der Waals surface area contributed by atoms with Crippen LogP contribution >= 0.6 is 22.9 Å². The van der Waals surface area contributed by atoms with Crippen molar-refractivity contribution >= 4 is 34.8 Å². The highest BCUT2D eigenvalue weighted by molar-refractivity contribution is 7.10. The highest BCUT2D eigenvalue weighted by atomic mass is 35.5. The Labute approximate surface area is 197 Å². The van der Waals surface area contributed by atoms with Crippen LogP contribution in [0.15, 0.2) is 66.0 Å². The predicted octanol–water partition coefficient (Wildman–Crippen LogP) is 5.43. The van der Waals surface area contributed by atoms with Crippen LogP contribution in [-0.4, -0.2) is 41.2 Å². The van der Waals surface area contributed by atoms with E-state index in [1.54, 1.807) is 35.6 Å². The minimum absolute atomic E-state index is 0.0301. The first-order valence-electron chi connectivity index (χ1n) is 11.1. The maximum Gasteiger partial charge on any atom is 0.253 e. The van der Waals surface area contributed by atoms with Gasteiger partial charge in [-0.25, -0.2) is 0 Å². The van der Waals surface area contributed by atoms with Gasteiger partial charge in [-0.15, -0.1) is 11.3 Å². The summed E-state index contributed by atoms with van der Waals surface area (Å²) in [4.78, 5) is 32.1. The smallest absolute Gasteiger partial charge is 0.253 e. The molecule has 2 unspecified atom stereocenters. The summed E-state index contributed by atoms with van der Waals surface area (Å²) >= 11 is 7.75. The number of nitrogens with zero attached hydrogens (tertiary/aromatic N) is 2. The van der Waals surface area contributed by atoms with Crippen molar-refractivity contribution < 1.29 is 9.59 Å². The number of benzene rings is 2. The highest BCUT2D eigenvalue weighted by Crippen LogP contribution is 2.39. The van der Waals surface area contributed by atoms with Gasteiger partial charge in [-0.2, -0.15) is 0 Å². The summed E-state index contributed by atoms with van der Waals surface area (Å²) < 4.78 is 0. The van der Waals surface area contributed by atoms with E-state index in [0.29, 0.717) is 30.2 Å². The minimum Gasteiger partial charge on any atom is -0.338 e. The molecule has 2 aliphatic heterocycles. The van der Waals surface area contributed by atoms with Crippen LogP contribution in [0, 0.1) is 5.92 Å². The van der Waals surface area contributed by atoms with Gasteiger partial charge >= 0.3 is 0 Å². The summed E-state index contributed by atoms with van der Waals surface area (Å²) in [7, 11) is 0. The molecule has 0 radical (unpaired) electrons. The molecule has 6 heteroatoms. The number of hydrogen-bond acceptors (Lipinski definition) is 3. The molecule has 2 atom stereocenters. The molecule has 0 saturated carbocycles. The fourth-order valence-corrected chi connectivity index (χ4v) is 5.95. The summed E-state index contributed by atoms with van der Waals surface area (Å²) in [5.41, 5.74) is 3.00. The SMILES string of the molecule is O=C(c1ccc(Cl)cc1)N1CCCC(C(=O)N2CCc3sccc3C2c2ccccc2)C1. The predicted molar refractivity (Wildman–Crippen MR) is 128 cm³/mol. The second-order valence-electron chi connectivity index (χ2n) is 8.49. The van der Waals surface area contributed by atoms with E-state index in [9.17, 15) is 9.59 Å². The monoisotopic (exact) mass is 464 g/mol. The third kappa shape index (κ3) is 4.07. The number of carbonyl (C=O) groups excluding carboxylic acids is 2. The molecule has 2 aliphatic rings. The first-order valence-corrected chi connectivity index (χ1v) is 12.3. The standard InChI is InChI=1S/C26H25ClN2O2S/c27-21-10-8-19(9-11-21)25(30)28-14-4-7-20(17-28)26(31)29-15-12-23-22(13-16-32-23)24(29)18-5-2-1-3-6-18/h1-3,5-6,8-11,13,16,20,24H,4,7,12,14-15,17H2. The van der Waals surface area contributed by atoms with Gasteiger partial charge in [-0.1, -0.05) is 41.9 Å². The number of fused-ring (bicyclic) bond motifs is 1. The molecule has 5 rings (SSSR count). The molecule has 0 spiro atoms. The van der Waals surface area contributed by atoms with Gasteiger partial charge in [-0.3, -0.25) is 9.59 Å². The van der Waals surface area contributed by atoms with Gasteiger partial charge in [0.15, 0.2) is 0 Å². The molecule has 0 bridgehead atoms. The second kappa shape index (κ2) is 9.08. The summed E-state index contributed by atoms with van der Waals surface area (Å²) in [6, 6.07) is 19.4. The zero-order valence-corrected chi connectivity index (χ0v) is 19.3. The maximum absolute atomic E-state index is 13.8. The van der Waals surface area contributed by atoms with Crippen LogP contribution in [-0.2, 0) is 11.2 Å². The average Bonchev–Trinajstić information content (AvgIpc) is 3.32. The van der Waals surface area contributed by atoms with Crippen molar-refractivity contribution in [3.8, 4) is 0 Å². The van der Waals surface area contributed by atoms with Gasteiger partial charge in [0.2, 0.25) is 5.91 Å². The normalized spacial score (nSPS) is 20.7. The molecule has 3 heterocycles. The Morgan fingerprint density at radius 3 is 2.53 bits per heavy atom. The van der Waals surface area contributed by atoms with Crippen molar-refractivity contribution in [2.45, 2.75) is 25.3 Å². The Bertz CT molecular complexity index is 1110. The third-order valence-corrected chi connectivity index (χ3v) is 7.76. The number of hydrogen-bond donors (Lipinski definition) is 0. The minimum atomic E-state index is -0.175. The maximum atomic E-state index is 13.8. The van der Waals surface area contributed by atoms with Crippen molar-refractivity contribution in [2.24, 2.45) is 5.92 Å². The van der Waals surface area contributed by atoms with E-state index in [2.05, 4.69) is 23.6 Å². The van der Waals surface area contributed by atoms with Crippen LogP contribution in [0.25, 0.3) is 0 Å². The molecule has 2 amide bonds. The summed E-state index contributed by atoms with van der Waals surface area (Å²) in [5.74, 6) is -0.0479. The molecule has 3 aromatic rings. The molecular weight excluding hydrogens is 440 g/mol. The second-order valence-corrected chi connectivity index (χ2v) is 9.93. The lowest BCUT2D eigenvalue weighted by molar-refractivity contribution is -0.139. The van der Waals surface area contributed by atoms with Gasteiger partial charge in [-0.05, 0) is 66.1 Å². The number of piperidine rings is 1. The van der Waals surface area contributed by atoms with Crippen molar-refractivity contribution in [1.82, 2.24) is 9.80 Å². The number of thiophene rings is 1. The molecule has 0 aliphatic carbocycles. The van der Waals surface area contributed by atoms with E-state index in [0.717, 1.165) is 24.8 Å². The van der Waals surface area contributed by atoms with Crippen LogP contribution in [0.1, 0.15) is 45.2 Å². The molecule has 4 nitrogen and oxygen atoms in total. The average molecular weight is 465 g/mol. The number of rotatable bonds is 3. The molecule has 1 aromatic heterocycles. The molecule has 1 saturated heterocycles. The van der Waals surface area contributed by atoms with E-state index >= 15 is 0 Å². The highest BCUT2D eigenvalue weighted by Gasteiger charge is 2.38. The van der Waals surface area contributed by atoms with E-state index in [1.165, 1.54) is 10.4 Å². The Kier molecular flexibility index (Phi) is 6.03. The van der Waals surface area contributed by atoms with E-state index in [-0.39, 0.29) is 23.8 Å². The van der Waals surface area contributed by atoms with Crippen LogP contribution < -0.4 is 0 Å². The van der Waals surface area contributed by atoms with Gasteiger partial charge in [0.1, 0.15) is 0 Å². The van der Waals surface area contributed by atoms with Crippen molar-refractivity contribution in [3.63, 3.8) is 0 Å². The Balaban J connectivity index is 1.38. The summed E-state index contributed by atoms with van der Waals surface area (Å²) in [6.45, 7) is 1.87. The molecule has 164 valence electrons. The molecule has 1 fully saturated rings. The largest absolute Gasteiger partial charge is 0.338 e. The lowest BCUT2D eigenvalue weighted by Gasteiger charge is -2.40. The first kappa shape index (κ1) is 21.2.